The molecule has 0 bridgehead atoms. The predicted octanol–water partition coefficient (Wildman–Crippen LogP) is 3.09. The summed E-state index contributed by atoms with van der Waals surface area (Å²) in [4.78, 5) is 0. The summed E-state index contributed by atoms with van der Waals surface area (Å²) in [5.74, 6) is 7.48. The summed E-state index contributed by atoms with van der Waals surface area (Å²) in [5.41, 5.74) is 5.35. The first-order valence-corrected chi connectivity index (χ1v) is 6.85. The maximum absolute atomic E-state index is 5.72. The summed E-state index contributed by atoms with van der Waals surface area (Å²) in [5, 5.41) is 0. The molecule has 1 atom stereocenters. The van der Waals surface area contributed by atoms with Gasteiger partial charge in [0, 0.05) is 6.04 Å². The van der Waals surface area contributed by atoms with E-state index in [1.54, 1.807) is 7.11 Å². The van der Waals surface area contributed by atoms with E-state index in [-0.39, 0.29) is 6.04 Å². The van der Waals surface area contributed by atoms with Gasteiger partial charge < -0.3 is 4.74 Å². The Hall–Kier alpha value is -1.06. The average molecular weight is 248 g/mol. The topological polar surface area (TPSA) is 47.3 Å². The summed E-state index contributed by atoms with van der Waals surface area (Å²) in [7, 11) is 1.72. The van der Waals surface area contributed by atoms with Crippen LogP contribution in [-0.2, 0) is 0 Å². The molecule has 1 fully saturated rings. The molecule has 3 nitrogen and oxygen atoms in total. The highest BCUT2D eigenvalue weighted by Gasteiger charge is 2.21. The molecule has 1 aliphatic carbocycles. The Morgan fingerprint density at radius 3 is 2.72 bits per heavy atom. The minimum absolute atomic E-state index is 0.239. The molecular formula is C15H24N2O. The Bertz CT molecular complexity index is 386. The number of rotatable bonds is 5. The summed E-state index contributed by atoms with van der Waals surface area (Å²) in [6, 6.07) is 6.60. The van der Waals surface area contributed by atoms with Crippen molar-refractivity contribution in [2.45, 2.75) is 45.1 Å². The normalized spacial score (nSPS) is 17.9. The van der Waals surface area contributed by atoms with Gasteiger partial charge in [-0.3, -0.25) is 11.3 Å². The van der Waals surface area contributed by atoms with Crippen LogP contribution in [0.15, 0.2) is 18.2 Å². The fourth-order valence-electron chi connectivity index (χ4n) is 2.93. The minimum atomic E-state index is 0.239. The third kappa shape index (κ3) is 3.03. The van der Waals surface area contributed by atoms with Crippen molar-refractivity contribution in [1.82, 2.24) is 5.43 Å². The van der Waals surface area contributed by atoms with Gasteiger partial charge in [0.2, 0.25) is 0 Å². The quantitative estimate of drug-likeness (QED) is 0.622. The Kier molecular flexibility index (Phi) is 4.61. The van der Waals surface area contributed by atoms with Crippen molar-refractivity contribution in [2.24, 2.45) is 11.8 Å². The van der Waals surface area contributed by atoms with Crippen molar-refractivity contribution in [1.29, 1.82) is 0 Å². The summed E-state index contributed by atoms with van der Waals surface area (Å²) in [6.45, 7) is 2.06. The van der Waals surface area contributed by atoms with E-state index in [1.807, 2.05) is 0 Å². The predicted molar refractivity (Wildman–Crippen MR) is 74.4 cm³/mol. The van der Waals surface area contributed by atoms with Crippen molar-refractivity contribution in [2.75, 3.05) is 7.11 Å². The zero-order valence-corrected chi connectivity index (χ0v) is 11.4. The summed E-state index contributed by atoms with van der Waals surface area (Å²) in [6.07, 6.45) is 6.57. The van der Waals surface area contributed by atoms with Crippen molar-refractivity contribution in [3.63, 3.8) is 0 Å². The third-order valence-electron chi connectivity index (χ3n) is 4.08. The van der Waals surface area contributed by atoms with Gasteiger partial charge in [-0.15, -0.1) is 0 Å². The molecule has 18 heavy (non-hydrogen) atoms. The summed E-state index contributed by atoms with van der Waals surface area (Å²) < 4.78 is 5.38. The molecule has 1 aromatic rings. The zero-order chi connectivity index (χ0) is 13.0. The van der Waals surface area contributed by atoms with Gasteiger partial charge in [0.15, 0.2) is 0 Å². The van der Waals surface area contributed by atoms with E-state index in [0.29, 0.717) is 0 Å². The van der Waals surface area contributed by atoms with Crippen LogP contribution in [-0.4, -0.2) is 7.11 Å². The van der Waals surface area contributed by atoms with Gasteiger partial charge in [0.05, 0.1) is 7.11 Å². The van der Waals surface area contributed by atoms with Crippen LogP contribution in [0.3, 0.4) is 0 Å². The van der Waals surface area contributed by atoms with Crippen molar-refractivity contribution >= 4 is 0 Å². The van der Waals surface area contributed by atoms with Gasteiger partial charge in [-0.1, -0.05) is 37.8 Å². The highest BCUT2D eigenvalue weighted by Crippen LogP contribution is 2.33. The highest BCUT2D eigenvalue weighted by molar-refractivity contribution is 5.37. The number of methoxy groups -OCH3 is 1. The first-order valence-electron chi connectivity index (χ1n) is 6.85. The van der Waals surface area contributed by atoms with Crippen LogP contribution < -0.4 is 16.0 Å². The van der Waals surface area contributed by atoms with E-state index in [1.165, 1.54) is 31.2 Å². The fourth-order valence-corrected chi connectivity index (χ4v) is 2.93. The molecule has 1 aromatic carbocycles. The van der Waals surface area contributed by atoms with Crippen LogP contribution >= 0.6 is 0 Å². The lowest BCUT2D eigenvalue weighted by molar-refractivity contribution is 0.392. The number of hydrogen-bond acceptors (Lipinski definition) is 3. The second-order valence-corrected chi connectivity index (χ2v) is 5.33. The molecule has 3 heteroatoms. The number of hydrogen-bond donors (Lipinski definition) is 2. The molecular weight excluding hydrogens is 224 g/mol. The number of benzene rings is 1. The van der Waals surface area contributed by atoms with Crippen LogP contribution in [0, 0.1) is 12.8 Å². The van der Waals surface area contributed by atoms with E-state index in [9.17, 15) is 0 Å². The van der Waals surface area contributed by atoms with Crippen molar-refractivity contribution < 1.29 is 4.74 Å². The van der Waals surface area contributed by atoms with Crippen LogP contribution in [0.4, 0.5) is 0 Å². The van der Waals surface area contributed by atoms with Gasteiger partial charge in [0.1, 0.15) is 5.75 Å². The highest BCUT2D eigenvalue weighted by atomic mass is 16.5. The van der Waals surface area contributed by atoms with Gasteiger partial charge in [-0.2, -0.15) is 0 Å². The molecule has 0 saturated heterocycles. The van der Waals surface area contributed by atoms with E-state index < -0.39 is 0 Å². The van der Waals surface area contributed by atoms with E-state index in [0.717, 1.165) is 23.7 Å². The number of hydrazine groups is 1. The van der Waals surface area contributed by atoms with Crippen LogP contribution in [0.2, 0.25) is 0 Å². The Morgan fingerprint density at radius 2 is 2.11 bits per heavy atom. The second-order valence-electron chi connectivity index (χ2n) is 5.33. The lowest BCUT2D eigenvalue weighted by Crippen LogP contribution is -2.29. The number of ether oxygens (including phenoxy) is 1. The smallest absolute Gasteiger partial charge is 0.122 e. The van der Waals surface area contributed by atoms with Crippen LogP contribution in [0.1, 0.15) is 49.3 Å². The summed E-state index contributed by atoms with van der Waals surface area (Å²) >= 11 is 0. The molecule has 1 aliphatic rings. The lowest BCUT2D eigenvalue weighted by atomic mass is 9.93. The lowest BCUT2D eigenvalue weighted by Gasteiger charge is -2.21. The minimum Gasteiger partial charge on any atom is -0.496 e. The third-order valence-corrected chi connectivity index (χ3v) is 4.08. The zero-order valence-electron chi connectivity index (χ0n) is 11.4. The molecule has 0 spiro atoms. The molecule has 0 aliphatic heterocycles. The standard InChI is InChI=1S/C15H24N2O/c1-11-7-8-13(10-15(11)18-2)14(17-16)9-12-5-3-4-6-12/h7-8,10,12,14,17H,3-6,9,16H2,1-2H3. The molecule has 0 aromatic heterocycles. The number of aryl methyl sites for hydroxylation is 1. The van der Waals surface area contributed by atoms with Gasteiger partial charge in [-0.05, 0) is 36.5 Å². The fraction of sp³-hybridized carbons (Fsp3) is 0.600. The largest absolute Gasteiger partial charge is 0.496 e. The van der Waals surface area contributed by atoms with Crippen molar-refractivity contribution in [3.05, 3.63) is 29.3 Å². The Morgan fingerprint density at radius 1 is 1.39 bits per heavy atom. The Balaban J connectivity index is 2.10. The van der Waals surface area contributed by atoms with Crippen LogP contribution in [0.5, 0.6) is 5.75 Å². The van der Waals surface area contributed by atoms with E-state index in [2.05, 4.69) is 30.5 Å². The maximum Gasteiger partial charge on any atom is 0.122 e. The SMILES string of the molecule is COc1cc(C(CC2CCCC2)NN)ccc1C. The van der Waals surface area contributed by atoms with Crippen LogP contribution in [0.25, 0.3) is 0 Å². The van der Waals surface area contributed by atoms with Gasteiger partial charge >= 0.3 is 0 Å². The van der Waals surface area contributed by atoms with Crippen molar-refractivity contribution in [3.8, 4) is 5.75 Å². The molecule has 100 valence electrons. The number of nitrogens with one attached hydrogen (secondary N) is 1. The molecule has 0 heterocycles. The molecule has 0 amide bonds. The molecule has 2 rings (SSSR count). The Labute approximate surface area is 110 Å². The van der Waals surface area contributed by atoms with E-state index in [4.69, 9.17) is 10.6 Å². The average Bonchev–Trinajstić information content (AvgIpc) is 2.89. The van der Waals surface area contributed by atoms with E-state index >= 15 is 0 Å². The maximum atomic E-state index is 5.72. The molecule has 1 saturated carbocycles. The molecule has 1 unspecified atom stereocenters. The monoisotopic (exact) mass is 248 g/mol. The molecule has 0 radical (unpaired) electrons. The van der Waals surface area contributed by atoms with Gasteiger partial charge in [0.25, 0.3) is 0 Å². The first kappa shape index (κ1) is 13.4. The number of nitrogens with two attached hydrogens (primary N) is 1. The van der Waals surface area contributed by atoms with Gasteiger partial charge in [-0.25, -0.2) is 0 Å². The second kappa shape index (κ2) is 6.21. The first-order chi connectivity index (χ1) is 8.74. The molecule has 3 N–H and O–H groups in total.